The zero-order valence-electron chi connectivity index (χ0n) is 15.4. The molecule has 1 aromatic heterocycles. The summed E-state index contributed by atoms with van der Waals surface area (Å²) in [6.07, 6.45) is 1.40. The summed E-state index contributed by atoms with van der Waals surface area (Å²) in [6.45, 7) is -0.989. The highest BCUT2D eigenvalue weighted by Crippen LogP contribution is 2.19. The highest BCUT2D eigenvalue weighted by atomic mass is 19.3. The van der Waals surface area contributed by atoms with E-state index in [1.54, 1.807) is 43.3 Å². The molecule has 150 valence electrons. The van der Waals surface area contributed by atoms with Crippen LogP contribution in [0.15, 0.2) is 65.3 Å². The normalized spacial score (nSPS) is 10.6. The molecular formula is C21H18F2N2O4. The van der Waals surface area contributed by atoms with Crippen molar-refractivity contribution in [1.29, 1.82) is 0 Å². The number of furan rings is 1. The highest BCUT2D eigenvalue weighted by Gasteiger charge is 2.13. The molecule has 29 heavy (non-hydrogen) atoms. The lowest BCUT2D eigenvalue weighted by atomic mass is 10.1. The molecule has 1 heterocycles. The van der Waals surface area contributed by atoms with Gasteiger partial charge in [0.25, 0.3) is 11.8 Å². The Hall–Kier alpha value is -3.68. The summed E-state index contributed by atoms with van der Waals surface area (Å²) < 4.78 is 34.0. The summed E-state index contributed by atoms with van der Waals surface area (Å²) in [5.74, 6) is -0.625. The summed E-state index contributed by atoms with van der Waals surface area (Å²) in [5, 5.41) is 5.42. The maximum absolute atomic E-state index is 12.5. The first-order chi connectivity index (χ1) is 13.9. The minimum atomic E-state index is -2.91. The van der Waals surface area contributed by atoms with Crippen molar-refractivity contribution < 1.29 is 27.5 Å². The van der Waals surface area contributed by atoms with Gasteiger partial charge >= 0.3 is 6.61 Å². The fourth-order valence-electron chi connectivity index (χ4n) is 2.61. The Labute approximate surface area is 165 Å². The molecule has 0 aliphatic heterocycles. The van der Waals surface area contributed by atoms with Crippen LogP contribution in [0.25, 0.3) is 0 Å². The smallest absolute Gasteiger partial charge is 0.387 e. The summed E-state index contributed by atoms with van der Waals surface area (Å²) in [5.41, 5.74) is 2.20. The number of carbonyl (C=O) groups is 2. The van der Waals surface area contributed by atoms with E-state index in [0.29, 0.717) is 16.8 Å². The lowest BCUT2D eigenvalue weighted by Gasteiger charge is -2.11. The third-order valence-corrected chi connectivity index (χ3v) is 4.07. The molecule has 2 aromatic carbocycles. The minimum absolute atomic E-state index is 0.0185. The highest BCUT2D eigenvalue weighted by molar-refractivity contribution is 6.03. The molecule has 0 saturated carbocycles. The van der Waals surface area contributed by atoms with Crippen molar-refractivity contribution in [2.75, 3.05) is 5.32 Å². The maximum Gasteiger partial charge on any atom is 0.387 e. The Bertz CT molecular complexity index is 1000. The Kier molecular flexibility index (Phi) is 6.23. The van der Waals surface area contributed by atoms with Crippen molar-refractivity contribution in [2.24, 2.45) is 0 Å². The third kappa shape index (κ3) is 5.41. The van der Waals surface area contributed by atoms with Gasteiger partial charge in [-0.3, -0.25) is 9.59 Å². The van der Waals surface area contributed by atoms with Gasteiger partial charge in [0.05, 0.1) is 6.26 Å². The third-order valence-electron chi connectivity index (χ3n) is 4.07. The topological polar surface area (TPSA) is 80.6 Å². The predicted octanol–water partition coefficient (Wildman–Crippen LogP) is 4.37. The van der Waals surface area contributed by atoms with Crippen LogP contribution in [0.5, 0.6) is 5.75 Å². The van der Waals surface area contributed by atoms with Crippen molar-refractivity contribution in [1.82, 2.24) is 5.32 Å². The summed E-state index contributed by atoms with van der Waals surface area (Å²) in [6, 6.07) is 14.1. The van der Waals surface area contributed by atoms with Crippen LogP contribution in [0.4, 0.5) is 14.5 Å². The van der Waals surface area contributed by atoms with E-state index >= 15 is 0 Å². The predicted molar refractivity (Wildman–Crippen MR) is 102 cm³/mol. The number of nitrogens with one attached hydrogen (secondary N) is 2. The van der Waals surface area contributed by atoms with Crippen molar-refractivity contribution in [3.8, 4) is 5.75 Å². The van der Waals surface area contributed by atoms with Crippen LogP contribution < -0.4 is 15.4 Å². The molecule has 0 spiro atoms. The molecule has 0 unspecified atom stereocenters. The van der Waals surface area contributed by atoms with Crippen LogP contribution in [0, 0.1) is 6.92 Å². The van der Waals surface area contributed by atoms with Gasteiger partial charge in [-0.2, -0.15) is 8.78 Å². The first-order valence-corrected chi connectivity index (χ1v) is 8.70. The number of ether oxygens (including phenoxy) is 1. The molecule has 0 aliphatic rings. The second-order valence-electron chi connectivity index (χ2n) is 6.17. The fraction of sp³-hybridized carbons (Fsp3) is 0.143. The Balaban J connectivity index is 1.66. The second-order valence-corrected chi connectivity index (χ2v) is 6.17. The van der Waals surface area contributed by atoms with Crippen LogP contribution in [-0.2, 0) is 6.54 Å². The molecule has 6 nitrogen and oxygen atoms in total. The molecular weight excluding hydrogens is 382 g/mol. The number of alkyl halides is 2. The van der Waals surface area contributed by atoms with Crippen molar-refractivity contribution in [2.45, 2.75) is 20.1 Å². The molecule has 2 amide bonds. The molecule has 3 rings (SSSR count). The Morgan fingerprint density at radius 3 is 2.62 bits per heavy atom. The SMILES string of the molecule is Cc1ccc(C(=O)NCc2cccc(OC(F)F)c2)cc1NC(=O)c1ccco1. The van der Waals surface area contributed by atoms with Crippen LogP contribution in [0.3, 0.4) is 0 Å². The molecule has 8 heteroatoms. The number of anilines is 1. The fourth-order valence-corrected chi connectivity index (χ4v) is 2.61. The number of hydrogen-bond acceptors (Lipinski definition) is 4. The van der Waals surface area contributed by atoms with E-state index in [1.807, 2.05) is 0 Å². The number of halogens is 2. The van der Waals surface area contributed by atoms with Gasteiger partial charge in [0.2, 0.25) is 0 Å². The lowest BCUT2D eigenvalue weighted by Crippen LogP contribution is -2.23. The van der Waals surface area contributed by atoms with E-state index in [0.717, 1.165) is 5.56 Å². The van der Waals surface area contributed by atoms with Gasteiger partial charge in [-0.15, -0.1) is 0 Å². The molecule has 0 aliphatic carbocycles. The average molecular weight is 400 g/mol. The number of benzene rings is 2. The zero-order chi connectivity index (χ0) is 20.8. The quantitative estimate of drug-likeness (QED) is 0.617. The Morgan fingerprint density at radius 1 is 1.07 bits per heavy atom. The molecule has 0 atom stereocenters. The van der Waals surface area contributed by atoms with Crippen molar-refractivity contribution in [3.05, 3.63) is 83.3 Å². The van der Waals surface area contributed by atoms with Crippen LogP contribution >= 0.6 is 0 Å². The standard InChI is InChI=1S/C21H18F2N2O4/c1-13-7-8-15(11-17(13)25-20(27)18-6-3-9-28-18)19(26)24-12-14-4-2-5-16(10-14)29-21(22)23/h2-11,21H,12H2,1H3,(H,24,26)(H,25,27). The second kappa shape index (κ2) is 9.01. The average Bonchev–Trinajstić information content (AvgIpc) is 3.22. The Morgan fingerprint density at radius 2 is 1.90 bits per heavy atom. The number of amides is 2. The van der Waals surface area contributed by atoms with E-state index in [9.17, 15) is 18.4 Å². The van der Waals surface area contributed by atoms with Crippen LogP contribution in [-0.4, -0.2) is 18.4 Å². The number of rotatable bonds is 7. The van der Waals surface area contributed by atoms with Gasteiger partial charge in [0, 0.05) is 17.8 Å². The number of carbonyl (C=O) groups excluding carboxylic acids is 2. The molecule has 2 N–H and O–H groups in total. The van der Waals surface area contributed by atoms with Crippen LogP contribution in [0.2, 0.25) is 0 Å². The van der Waals surface area contributed by atoms with Crippen molar-refractivity contribution in [3.63, 3.8) is 0 Å². The van der Waals surface area contributed by atoms with Crippen LogP contribution in [0.1, 0.15) is 32.0 Å². The minimum Gasteiger partial charge on any atom is -0.459 e. The summed E-state index contributed by atoms with van der Waals surface area (Å²) in [7, 11) is 0. The monoisotopic (exact) mass is 400 g/mol. The van der Waals surface area contributed by atoms with Crippen molar-refractivity contribution >= 4 is 17.5 Å². The van der Waals surface area contributed by atoms with Gasteiger partial charge in [0.15, 0.2) is 5.76 Å². The van der Waals surface area contributed by atoms with Gasteiger partial charge in [0.1, 0.15) is 5.75 Å². The zero-order valence-corrected chi connectivity index (χ0v) is 15.4. The van der Waals surface area contributed by atoms with Gasteiger partial charge in [-0.25, -0.2) is 0 Å². The van der Waals surface area contributed by atoms with E-state index in [-0.39, 0.29) is 24.0 Å². The first kappa shape index (κ1) is 20.1. The van der Waals surface area contributed by atoms with Gasteiger partial charge in [-0.1, -0.05) is 18.2 Å². The van der Waals surface area contributed by atoms with Gasteiger partial charge < -0.3 is 19.8 Å². The molecule has 0 radical (unpaired) electrons. The van der Waals surface area contributed by atoms with E-state index in [4.69, 9.17) is 4.42 Å². The molecule has 0 fully saturated rings. The molecule has 0 bridgehead atoms. The van der Waals surface area contributed by atoms with E-state index < -0.39 is 12.5 Å². The summed E-state index contributed by atoms with van der Waals surface area (Å²) >= 11 is 0. The van der Waals surface area contributed by atoms with E-state index in [1.165, 1.54) is 24.5 Å². The van der Waals surface area contributed by atoms with Gasteiger partial charge in [-0.05, 0) is 54.4 Å². The summed E-state index contributed by atoms with van der Waals surface area (Å²) in [4.78, 5) is 24.6. The number of aryl methyl sites for hydroxylation is 1. The number of hydrogen-bond donors (Lipinski definition) is 2. The molecule has 3 aromatic rings. The van der Waals surface area contributed by atoms with E-state index in [2.05, 4.69) is 15.4 Å². The molecule has 0 saturated heterocycles. The largest absolute Gasteiger partial charge is 0.459 e. The lowest BCUT2D eigenvalue weighted by molar-refractivity contribution is -0.0498. The maximum atomic E-state index is 12.5. The first-order valence-electron chi connectivity index (χ1n) is 8.70.